The zero-order chi connectivity index (χ0) is 22.4. The van der Waals surface area contributed by atoms with Crippen LogP contribution < -0.4 is 0 Å². The van der Waals surface area contributed by atoms with Crippen LogP contribution in [0.15, 0.2) is 59.5 Å². The Balaban J connectivity index is 1.67. The Morgan fingerprint density at radius 1 is 0.968 bits per heavy atom. The molecule has 6 nitrogen and oxygen atoms in total. The van der Waals surface area contributed by atoms with E-state index in [1.54, 1.807) is 29.2 Å². The van der Waals surface area contributed by atoms with Crippen molar-refractivity contribution in [3.63, 3.8) is 0 Å². The second kappa shape index (κ2) is 10.4. The standard InChI is InChI=1S/C24H32N2O4S/c1-19(2)23(18-30-17-21-7-5-4-6-8-21)26-16-15-25(14-13-24(26)27)31(28,29)22-11-9-20(3)10-12-22/h4-12,19,23H,13-18H2,1-3H3. The Morgan fingerprint density at radius 2 is 1.65 bits per heavy atom. The van der Waals surface area contributed by atoms with Crippen LogP contribution in [0.2, 0.25) is 0 Å². The Labute approximate surface area is 185 Å². The van der Waals surface area contributed by atoms with Gasteiger partial charge >= 0.3 is 0 Å². The van der Waals surface area contributed by atoms with Crippen molar-refractivity contribution in [2.75, 3.05) is 26.2 Å². The van der Waals surface area contributed by atoms with Gasteiger partial charge in [-0.3, -0.25) is 4.79 Å². The van der Waals surface area contributed by atoms with Crippen LogP contribution in [0.3, 0.4) is 0 Å². The Bertz CT molecular complexity index is 959. The molecular formula is C24H32N2O4S. The molecule has 0 spiro atoms. The van der Waals surface area contributed by atoms with Gasteiger partial charge in [-0.2, -0.15) is 4.31 Å². The molecule has 1 atom stereocenters. The third-order valence-electron chi connectivity index (χ3n) is 5.71. The first-order chi connectivity index (χ1) is 14.8. The molecule has 0 aromatic heterocycles. The van der Waals surface area contributed by atoms with Gasteiger partial charge < -0.3 is 9.64 Å². The maximum absolute atomic E-state index is 13.1. The highest BCUT2D eigenvalue weighted by Gasteiger charge is 2.33. The van der Waals surface area contributed by atoms with Gasteiger partial charge in [0.25, 0.3) is 0 Å². The van der Waals surface area contributed by atoms with E-state index in [0.717, 1.165) is 11.1 Å². The normalized spacial score (nSPS) is 17.0. The van der Waals surface area contributed by atoms with Crippen molar-refractivity contribution in [3.8, 4) is 0 Å². The van der Waals surface area contributed by atoms with E-state index in [9.17, 15) is 13.2 Å². The van der Waals surface area contributed by atoms with Crippen LogP contribution in [0.4, 0.5) is 0 Å². The lowest BCUT2D eigenvalue weighted by molar-refractivity contribution is -0.135. The predicted octanol–water partition coefficient (Wildman–Crippen LogP) is 3.46. The lowest BCUT2D eigenvalue weighted by Gasteiger charge is -2.33. The maximum Gasteiger partial charge on any atom is 0.243 e. The van der Waals surface area contributed by atoms with Crippen LogP contribution in [0.1, 0.15) is 31.4 Å². The summed E-state index contributed by atoms with van der Waals surface area (Å²) in [5.41, 5.74) is 2.09. The lowest BCUT2D eigenvalue weighted by Crippen LogP contribution is -2.47. The Hall–Kier alpha value is -2.22. The van der Waals surface area contributed by atoms with Gasteiger partial charge in [-0.25, -0.2) is 8.42 Å². The minimum Gasteiger partial charge on any atom is -0.375 e. The summed E-state index contributed by atoms with van der Waals surface area (Å²) in [5.74, 6) is 0.170. The van der Waals surface area contributed by atoms with Gasteiger partial charge in [0.05, 0.1) is 24.2 Å². The number of hydrogen-bond acceptors (Lipinski definition) is 4. The number of ether oxygens (including phenoxy) is 1. The molecule has 1 heterocycles. The molecule has 0 N–H and O–H groups in total. The number of aryl methyl sites for hydroxylation is 1. The molecule has 0 saturated carbocycles. The quantitative estimate of drug-likeness (QED) is 0.625. The summed E-state index contributed by atoms with van der Waals surface area (Å²) in [4.78, 5) is 15.0. The van der Waals surface area contributed by atoms with Crippen molar-refractivity contribution in [2.45, 2.75) is 44.7 Å². The van der Waals surface area contributed by atoms with Crippen LogP contribution in [0.25, 0.3) is 0 Å². The molecule has 3 rings (SSSR count). The first kappa shape index (κ1) is 23.4. The molecular weight excluding hydrogens is 412 g/mol. The Kier molecular flexibility index (Phi) is 7.86. The molecule has 2 aromatic rings. The maximum atomic E-state index is 13.1. The highest BCUT2D eigenvalue weighted by atomic mass is 32.2. The third kappa shape index (κ3) is 5.93. The number of benzene rings is 2. The summed E-state index contributed by atoms with van der Waals surface area (Å²) < 4.78 is 33.5. The SMILES string of the molecule is Cc1ccc(S(=O)(=O)N2CCC(=O)N(C(COCc3ccccc3)C(C)C)CC2)cc1. The van der Waals surface area contributed by atoms with Crippen molar-refractivity contribution in [2.24, 2.45) is 5.92 Å². The van der Waals surface area contributed by atoms with E-state index in [-0.39, 0.29) is 42.3 Å². The lowest BCUT2D eigenvalue weighted by atomic mass is 10.0. The van der Waals surface area contributed by atoms with E-state index in [2.05, 4.69) is 13.8 Å². The monoisotopic (exact) mass is 444 g/mol. The number of rotatable bonds is 8. The molecule has 0 radical (unpaired) electrons. The second-order valence-electron chi connectivity index (χ2n) is 8.37. The largest absolute Gasteiger partial charge is 0.375 e. The summed E-state index contributed by atoms with van der Waals surface area (Å²) in [6.07, 6.45) is 0.174. The van der Waals surface area contributed by atoms with E-state index < -0.39 is 10.0 Å². The van der Waals surface area contributed by atoms with Crippen LogP contribution in [0, 0.1) is 12.8 Å². The van der Waals surface area contributed by atoms with Crippen molar-refractivity contribution >= 4 is 15.9 Å². The minimum absolute atomic E-state index is 0.0244. The summed E-state index contributed by atoms with van der Waals surface area (Å²) in [6.45, 7) is 7.80. The van der Waals surface area contributed by atoms with Crippen LogP contribution in [0.5, 0.6) is 0 Å². The molecule has 31 heavy (non-hydrogen) atoms. The number of carbonyl (C=O) groups is 1. The zero-order valence-corrected chi connectivity index (χ0v) is 19.3. The number of amides is 1. The summed E-state index contributed by atoms with van der Waals surface area (Å²) in [5, 5.41) is 0. The topological polar surface area (TPSA) is 66.9 Å². The van der Waals surface area contributed by atoms with Gasteiger partial charge in [0.1, 0.15) is 0 Å². The first-order valence-corrected chi connectivity index (χ1v) is 12.2. The fourth-order valence-corrected chi connectivity index (χ4v) is 5.22. The van der Waals surface area contributed by atoms with Crippen LogP contribution in [-0.2, 0) is 26.2 Å². The molecule has 1 saturated heterocycles. The zero-order valence-electron chi connectivity index (χ0n) is 18.5. The van der Waals surface area contributed by atoms with Crippen LogP contribution in [-0.4, -0.2) is 55.8 Å². The average Bonchev–Trinajstić information content (AvgIpc) is 2.94. The van der Waals surface area contributed by atoms with Crippen molar-refractivity contribution in [1.29, 1.82) is 0 Å². The van der Waals surface area contributed by atoms with Gasteiger partial charge in [0.2, 0.25) is 15.9 Å². The number of sulfonamides is 1. The molecule has 0 bridgehead atoms. The molecule has 7 heteroatoms. The van der Waals surface area contributed by atoms with Gasteiger partial charge in [-0.05, 0) is 30.5 Å². The molecule has 1 unspecified atom stereocenters. The number of nitrogens with zero attached hydrogens (tertiary/aromatic N) is 2. The molecule has 1 aliphatic rings. The molecule has 1 amide bonds. The fourth-order valence-electron chi connectivity index (χ4n) is 3.78. The molecule has 0 aliphatic carbocycles. The van der Waals surface area contributed by atoms with E-state index in [4.69, 9.17) is 4.74 Å². The minimum atomic E-state index is -3.62. The summed E-state index contributed by atoms with van der Waals surface area (Å²) in [7, 11) is -3.62. The highest BCUT2D eigenvalue weighted by molar-refractivity contribution is 7.89. The van der Waals surface area contributed by atoms with E-state index in [0.29, 0.717) is 19.8 Å². The van der Waals surface area contributed by atoms with Gasteiger partial charge in [-0.15, -0.1) is 0 Å². The van der Waals surface area contributed by atoms with Gasteiger partial charge in [-0.1, -0.05) is 61.9 Å². The molecule has 2 aromatic carbocycles. The average molecular weight is 445 g/mol. The fraction of sp³-hybridized carbons (Fsp3) is 0.458. The van der Waals surface area contributed by atoms with E-state index in [1.165, 1.54) is 4.31 Å². The predicted molar refractivity (Wildman–Crippen MR) is 121 cm³/mol. The van der Waals surface area contributed by atoms with E-state index >= 15 is 0 Å². The Morgan fingerprint density at radius 3 is 2.29 bits per heavy atom. The summed E-state index contributed by atoms with van der Waals surface area (Å²) in [6, 6.07) is 16.7. The van der Waals surface area contributed by atoms with Crippen molar-refractivity contribution in [3.05, 3.63) is 65.7 Å². The van der Waals surface area contributed by atoms with Crippen molar-refractivity contribution < 1.29 is 17.9 Å². The van der Waals surface area contributed by atoms with E-state index in [1.807, 2.05) is 37.3 Å². The van der Waals surface area contributed by atoms with Gasteiger partial charge in [0, 0.05) is 26.1 Å². The molecule has 168 valence electrons. The first-order valence-electron chi connectivity index (χ1n) is 10.8. The second-order valence-corrected chi connectivity index (χ2v) is 10.3. The van der Waals surface area contributed by atoms with Gasteiger partial charge in [0.15, 0.2) is 0 Å². The third-order valence-corrected chi connectivity index (χ3v) is 7.63. The summed E-state index contributed by atoms with van der Waals surface area (Å²) >= 11 is 0. The molecule has 1 aliphatic heterocycles. The highest BCUT2D eigenvalue weighted by Crippen LogP contribution is 2.21. The number of hydrogen-bond donors (Lipinski definition) is 0. The smallest absolute Gasteiger partial charge is 0.243 e. The molecule has 1 fully saturated rings. The van der Waals surface area contributed by atoms with Crippen LogP contribution >= 0.6 is 0 Å². The van der Waals surface area contributed by atoms with Crippen molar-refractivity contribution in [1.82, 2.24) is 9.21 Å². The number of carbonyl (C=O) groups excluding carboxylic acids is 1.